The fraction of sp³-hybridized carbons (Fsp3) is 0.310. The maximum absolute atomic E-state index is 11.2. The van der Waals surface area contributed by atoms with Crippen LogP contribution in [0.4, 0.5) is 11.6 Å². The summed E-state index contributed by atoms with van der Waals surface area (Å²) in [5.74, 6) is 1.47. The monoisotopic (exact) mass is 515 g/mol. The van der Waals surface area contributed by atoms with Crippen LogP contribution in [0.1, 0.15) is 30.9 Å². The topological polar surface area (TPSA) is 125 Å². The van der Waals surface area contributed by atoms with E-state index in [9.17, 15) is 9.59 Å². The highest BCUT2D eigenvalue weighted by molar-refractivity contribution is 5.75. The Morgan fingerprint density at radius 2 is 1.71 bits per heavy atom. The van der Waals surface area contributed by atoms with Gasteiger partial charge in [-0.1, -0.05) is 72.8 Å². The molecule has 0 saturated heterocycles. The molecule has 3 rings (SSSR count). The number of aromatic nitrogens is 2. The normalized spacial score (nSPS) is 11.0. The Bertz CT molecular complexity index is 1170. The van der Waals surface area contributed by atoms with Crippen LogP contribution in [0.3, 0.4) is 0 Å². The molecule has 0 fully saturated rings. The van der Waals surface area contributed by atoms with Gasteiger partial charge in [0.25, 0.3) is 0 Å². The van der Waals surface area contributed by atoms with Gasteiger partial charge in [-0.2, -0.15) is 0 Å². The van der Waals surface area contributed by atoms with Crippen molar-refractivity contribution in [3.8, 4) is 11.4 Å². The highest BCUT2D eigenvalue weighted by Gasteiger charge is 2.12. The van der Waals surface area contributed by atoms with Crippen LogP contribution in [0.25, 0.3) is 17.5 Å². The van der Waals surface area contributed by atoms with Crippen LogP contribution in [0, 0.1) is 0 Å². The molecule has 2 amide bonds. The molecule has 0 aliphatic heterocycles. The molecule has 0 bridgehead atoms. The molecule has 0 atom stereocenters. The average Bonchev–Trinajstić information content (AvgIpc) is 2.93. The number of nitrogen functional groups attached to an aromatic ring is 1. The van der Waals surface area contributed by atoms with Gasteiger partial charge in [0.15, 0.2) is 5.82 Å². The van der Waals surface area contributed by atoms with Crippen molar-refractivity contribution in [2.75, 3.05) is 43.8 Å². The molecular formula is C29H37N7O2. The van der Waals surface area contributed by atoms with E-state index in [4.69, 9.17) is 10.7 Å². The maximum Gasteiger partial charge on any atom is 0.216 e. The van der Waals surface area contributed by atoms with E-state index in [1.807, 2.05) is 54.6 Å². The van der Waals surface area contributed by atoms with E-state index in [0.29, 0.717) is 37.1 Å². The molecule has 2 aromatic carbocycles. The average molecular weight is 516 g/mol. The van der Waals surface area contributed by atoms with E-state index >= 15 is 0 Å². The lowest BCUT2D eigenvalue weighted by molar-refractivity contribution is -0.118. The largest absolute Gasteiger partial charge is 0.383 e. The molecular weight excluding hydrogens is 478 g/mol. The van der Waals surface area contributed by atoms with Crippen LogP contribution in [0.2, 0.25) is 0 Å². The quantitative estimate of drug-likeness (QED) is 0.170. The van der Waals surface area contributed by atoms with Gasteiger partial charge in [-0.05, 0) is 18.4 Å². The number of anilines is 2. The predicted octanol–water partition coefficient (Wildman–Crippen LogP) is 3.32. The zero-order chi connectivity index (χ0) is 27.0. The summed E-state index contributed by atoms with van der Waals surface area (Å²) in [5.41, 5.74) is 9.24. The molecule has 5 N–H and O–H groups in total. The van der Waals surface area contributed by atoms with Crippen molar-refractivity contribution in [1.29, 1.82) is 0 Å². The molecule has 1 aromatic heterocycles. The first-order valence-corrected chi connectivity index (χ1v) is 12.9. The van der Waals surface area contributed by atoms with Gasteiger partial charge in [0, 0.05) is 51.8 Å². The summed E-state index contributed by atoms with van der Waals surface area (Å²) in [7, 11) is 0. The third-order valence-electron chi connectivity index (χ3n) is 5.82. The summed E-state index contributed by atoms with van der Waals surface area (Å²) in [6, 6.07) is 20.0. The van der Waals surface area contributed by atoms with Gasteiger partial charge in [0.1, 0.15) is 11.6 Å². The van der Waals surface area contributed by atoms with Crippen molar-refractivity contribution in [2.24, 2.45) is 0 Å². The number of rotatable bonds is 16. The van der Waals surface area contributed by atoms with Crippen molar-refractivity contribution in [2.45, 2.75) is 26.3 Å². The minimum Gasteiger partial charge on any atom is -0.383 e. The highest BCUT2D eigenvalue weighted by atomic mass is 16.1. The van der Waals surface area contributed by atoms with E-state index < -0.39 is 0 Å². The Kier molecular flexibility index (Phi) is 11.8. The minimum absolute atomic E-state index is 0.0823. The number of hydrogen-bond donors (Lipinski definition) is 4. The standard InChI is InChI=1S/C29H37N7O2/c1-23(38)32-17-18-33-29-26(27(30)34-28(35-29)25-13-6-3-7-14-25)15-8-9-19-36(20-10-16-31-22-37)21-24-11-4-2-5-12-24/h2-8,11-15,22H,9-10,16-21H2,1H3,(H,31,37)(H,32,38)(H3,30,33,34,35)/b15-8+. The van der Waals surface area contributed by atoms with Gasteiger partial charge in [-0.15, -0.1) is 0 Å². The first-order chi connectivity index (χ1) is 18.6. The lowest BCUT2D eigenvalue weighted by atomic mass is 10.1. The Morgan fingerprint density at radius 3 is 2.42 bits per heavy atom. The summed E-state index contributed by atoms with van der Waals surface area (Å²) in [6.45, 7) is 5.67. The summed E-state index contributed by atoms with van der Waals surface area (Å²) >= 11 is 0. The van der Waals surface area contributed by atoms with Crippen LogP contribution in [0.5, 0.6) is 0 Å². The molecule has 0 aliphatic rings. The van der Waals surface area contributed by atoms with E-state index in [2.05, 4.69) is 44.0 Å². The molecule has 3 aromatic rings. The van der Waals surface area contributed by atoms with Crippen molar-refractivity contribution in [3.63, 3.8) is 0 Å². The summed E-state index contributed by atoms with van der Waals surface area (Å²) in [4.78, 5) is 33.5. The zero-order valence-corrected chi connectivity index (χ0v) is 21.9. The van der Waals surface area contributed by atoms with Crippen LogP contribution in [0.15, 0.2) is 66.7 Å². The van der Waals surface area contributed by atoms with Crippen molar-refractivity contribution < 1.29 is 9.59 Å². The number of nitrogens with two attached hydrogens (primary N) is 1. The van der Waals surface area contributed by atoms with Crippen LogP contribution < -0.4 is 21.7 Å². The SMILES string of the molecule is CC(=O)NCCNc1nc(-c2ccccc2)nc(N)c1/C=C/CCN(CCCNC=O)Cc1ccccc1. The van der Waals surface area contributed by atoms with Gasteiger partial charge in [0.05, 0.1) is 5.56 Å². The molecule has 1 heterocycles. The molecule has 0 unspecified atom stereocenters. The van der Waals surface area contributed by atoms with Crippen molar-refractivity contribution in [3.05, 3.63) is 77.9 Å². The van der Waals surface area contributed by atoms with Gasteiger partial charge in [-0.25, -0.2) is 9.97 Å². The lowest BCUT2D eigenvalue weighted by Gasteiger charge is -2.22. The number of nitrogens with zero attached hydrogens (tertiary/aromatic N) is 3. The Balaban J connectivity index is 1.71. The van der Waals surface area contributed by atoms with Gasteiger partial charge < -0.3 is 21.7 Å². The molecule has 0 saturated carbocycles. The first-order valence-electron chi connectivity index (χ1n) is 12.9. The number of nitrogens with one attached hydrogen (secondary N) is 3. The van der Waals surface area contributed by atoms with Crippen LogP contribution in [-0.4, -0.2) is 59.9 Å². The third-order valence-corrected chi connectivity index (χ3v) is 5.82. The van der Waals surface area contributed by atoms with Crippen LogP contribution >= 0.6 is 0 Å². The Labute approximate surface area is 224 Å². The molecule has 9 heteroatoms. The Morgan fingerprint density at radius 1 is 0.974 bits per heavy atom. The lowest BCUT2D eigenvalue weighted by Crippen LogP contribution is -2.28. The molecule has 0 aliphatic carbocycles. The van der Waals surface area contributed by atoms with Crippen LogP contribution in [-0.2, 0) is 16.1 Å². The fourth-order valence-electron chi connectivity index (χ4n) is 3.96. The van der Waals surface area contributed by atoms with Gasteiger partial charge in [0.2, 0.25) is 12.3 Å². The van der Waals surface area contributed by atoms with Gasteiger partial charge in [-0.3, -0.25) is 14.5 Å². The van der Waals surface area contributed by atoms with Crippen molar-refractivity contribution >= 4 is 30.0 Å². The molecule has 38 heavy (non-hydrogen) atoms. The van der Waals surface area contributed by atoms with E-state index in [1.54, 1.807) is 0 Å². The van der Waals surface area contributed by atoms with E-state index in [0.717, 1.165) is 50.0 Å². The molecule has 0 radical (unpaired) electrons. The summed E-state index contributed by atoms with van der Waals surface area (Å²) in [6.07, 6.45) is 6.46. The second kappa shape index (κ2) is 15.8. The number of benzene rings is 2. The number of carbonyl (C=O) groups is 2. The van der Waals surface area contributed by atoms with E-state index in [1.165, 1.54) is 12.5 Å². The third kappa shape index (κ3) is 9.67. The Hall–Kier alpha value is -4.24. The first kappa shape index (κ1) is 28.3. The highest BCUT2D eigenvalue weighted by Crippen LogP contribution is 2.25. The van der Waals surface area contributed by atoms with Crippen molar-refractivity contribution in [1.82, 2.24) is 25.5 Å². The summed E-state index contributed by atoms with van der Waals surface area (Å²) < 4.78 is 0. The maximum atomic E-state index is 11.2. The number of amides is 2. The minimum atomic E-state index is -0.0823. The number of hydrogen-bond acceptors (Lipinski definition) is 7. The zero-order valence-electron chi connectivity index (χ0n) is 21.9. The fourth-order valence-corrected chi connectivity index (χ4v) is 3.96. The molecule has 9 nitrogen and oxygen atoms in total. The predicted molar refractivity (Wildman–Crippen MR) is 153 cm³/mol. The second-order valence-electron chi connectivity index (χ2n) is 8.85. The molecule has 0 spiro atoms. The molecule has 200 valence electrons. The summed E-state index contributed by atoms with van der Waals surface area (Å²) in [5, 5.41) is 8.81. The number of carbonyl (C=O) groups excluding carboxylic acids is 2. The van der Waals surface area contributed by atoms with Gasteiger partial charge >= 0.3 is 0 Å². The van der Waals surface area contributed by atoms with E-state index in [-0.39, 0.29) is 5.91 Å². The smallest absolute Gasteiger partial charge is 0.216 e. The second-order valence-corrected chi connectivity index (χ2v) is 8.85.